The van der Waals surface area contributed by atoms with Crippen LogP contribution < -0.4 is 5.32 Å². The van der Waals surface area contributed by atoms with Crippen LogP contribution in [0.5, 0.6) is 5.75 Å². The highest BCUT2D eigenvalue weighted by Crippen LogP contribution is 2.24. The van der Waals surface area contributed by atoms with Crippen LogP contribution in [-0.2, 0) is 4.79 Å². The lowest BCUT2D eigenvalue weighted by Gasteiger charge is -2.24. The lowest BCUT2D eigenvalue weighted by molar-refractivity contribution is -0.125. The Kier molecular flexibility index (Phi) is 4.57. The predicted octanol–water partition coefficient (Wildman–Crippen LogP) is 0.105. The van der Waals surface area contributed by atoms with Crippen molar-refractivity contribution < 1.29 is 19.8 Å². The molecule has 1 aliphatic rings. The number of aliphatic hydroxyl groups excluding tert-OH is 1. The highest BCUT2D eigenvalue weighted by atomic mass is 16.3. The minimum Gasteiger partial charge on any atom is -0.507 e. The van der Waals surface area contributed by atoms with E-state index >= 15 is 0 Å². The molecule has 1 aromatic rings. The van der Waals surface area contributed by atoms with Gasteiger partial charge in [0.1, 0.15) is 11.8 Å². The van der Waals surface area contributed by atoms with E-state index in [2.05, 4.69) is 5.32 Å². The van der Waals surface area contributed by atoms with Crippen LogP contribution >= 0.6 is 0 Å². The van der Waals surface area contributed by atoms with Crippen LogP contribution in [0.3, 0.4) is 0 Å². The molecule has 1 aromatic carbocycles. The molecule has 0 radical (unpaired) electrons. The summed E-state index contributed by atoms with van der Waals surface area (Å²) in [7, 11) is 0. The number of benzene rings is 1. The molecule has 2 amide bonds. The van der Waals surface area contributed by atoms with E-state index in [4.69, 9.17) is 5.11 Å². The molecule has 0 spiro atoms. The minimum atomic E-state index is -0.534. The van der Waals surface area contributed by atoms with Crippen molar-refractivity contribution in [3.8, 4) is 5.75 Å². The first kappa shape index (κ1) is 14.3. The molecule has 2 rings (SSSR count). The fraction of sp³-hybridized carbons (Fsp3) is 0.429. The number of phenols is 1. The number of carbonyl (C=O) groups is 2. The fourth-order valence-electron chi connectivity index (χ4n) is 2.39. The van der Waals surface area contributed by atoms with Crippen molar-refractivity contribution in [1.29, 1.82) is 0 Å². The van der Waals surface area contributed by atoms with Crippen molar-refractivity contribution in [2.24, 2.45) is 0 Å². The van der Waals surface area contributed by atoms with Crippen molar-refractivity contribution in [1.82, 2.24) is 10.2 Å². The number of para-hydroxylation sites is 1. The van der Waals surface area contributed by atoms with Gasteiger partial charge in [0, 0.05) is 13.1 Å². The van der Waals surface area contributed by atoms with Gasteiger partial charge in [-0.15, -0.1) is 0 Å². The molecular weight excluding hydrogens is 260 g/mol. The van der Waals surface area contributed by atoms with Crippen molar-refractivity contribution in [2.45, 2.75) is 18.9 Å². The van der Waals surface area contributed by atoms with E-state index in [1.54, 1.807) is 18.2 Å². The molecule has 1 fully saturated rings. The zero-order valence-electron chi connectivity index (χ0n) is 11.1. The van der Waals surface area contributed by atoms with E-state index in [1.807, 2.05) is 0 Å². The van der Waals surface area contributed by atoms with E-state index in [1.165, 1.54) is 11.0 Å². The van der Waals surface area contributed by atoms with Gasteiger partial charge >= 0.3 is 0 Å². The summed E-state index contributed by atoms with van der Waals surface area (Å²) in [4.78, 5) is 25.8. The highest BCUT2D eigenvalue weighted by Gasteiger charge is 2.34. The SMILES string of the molecule is O=C(NCCO)C1CCCN1C(=O)c1ccccc1O. The summed E-state index contributed by atoms with van der Waals surface area (Å²) in [6, 6.07) is 5.77. The first-order valence-corrected chi connectivity index (χ1v) is 6.62. The molecule has 1 atom stereocenters. The van der Waals surface area contributed by atoms with E-state index < -0.39 is 6.04 Å². The minimum absolute atomic E-state index is 0.0843. The second-order valence-electron chi connectivity index (χ2n) is 4.69. The summed E-state index contributed by atoms with van der Waals surface area (Å²) in [5, 5.41) is 21.0. The monoisotopic (exact) mass is 278 g/mol. The van der Waals surface area contributed by atoms with E-state index in [0.717, 1.165) is 6.42 Å². The van der Waals surface area contributed by atoms with Gasteiger partial charge in [-0.25, -0.2) is 0 Å². The second kappa shape index (κ2) is 6.38. The largest absolute Gasteiger partial charge is 0.507 e. The second-order valence-corrected chi connectivity index (χ2v) is 4.69. The highest BCUT2D eigenvalue weighted by molar-refractivity contribution is 5.99. The Labute approximate surface area is 117 Å². The average Bonchev–Trinajstić information content (AvgIpc) is 2.94. The smallest absolute Gasteiger partial charge is 0.258 e. The van der Waals surface area contributed by atoms with Gasteiger partial charge in [0.2, 0.25) is 5.91 Å². The molecular formula is C14H18N2O4. The lowest BCUT2D eigenvalue weighted by Crippen LogP contribution is -2.46. The summed E-state index contributed by atoms with van der Waals surface area (Å²) >= 11 is 0. The van der Waals surface area contributed by atoms with Crippen molar-refractivity contribution in [3.05, 3.63) is 29.8 Å². The number of nitrogens with zero attached hydrogens (tertiary/aromatic N) is 1. The van der Waals surface area contributed by atoms with Gasteiger partial charge < -0.3 is 20.4 Å². The van der Waals surface area contributed by atoms with Gasteiger partial charge in [-0.2, -0.15) is 0 Å². The van der Waals surface area contributed by atoms with Crippen LogP contribution in [0.25, 0.3) is 0 Å². The summed E-state index contributed by atoms with van der Waals surface area (Å²) in [5.74, 6) is -0.691. The number of likely N-dealkylation sites (tertiary alicyclic amines) is 1. The number of aliphatic hydroxyl groups is 1. The van der Waals surface area contributed by atoms with E-state index in [9.17, 15) is 14.7 Å². The summed E-state index contributed by atoms with van der Waals surface area (Å²) < 4.78 is 0. The maximum Gasteiger partial charge on any atom is 0.258 e. The Morgan fingerprint density at radius 2 is 2.10 bits per heavy atom. The molecule has 0 saturated carbocycles. The Morgan fingerprint density at radius 3 is 2.80 bits per heavy atom. The molecule has 1 aliphatic heterocycles. The van der Waals surface area contributed by atoms with Crippen LogP contribution in [-0.4, -0.2) is 52.7 Å². The number of amides is 2. The fourth-order valence-corrected chi connectivity index (χ4v) is 2.39. The standard InChI is InChI=1S/C14H18N2O4/c17-9-7-15-13(19)11-5-3-8-16(11)14(20)10-4-1-2-6-12(10)18/h1-2,4,6,11,17-18H,3,5,7-9H2,(H,15,19). The number of rotatable bonds is 4. The molecule has 0 aromatic heterocycles. The third-order valence-corrected chi connectivity index (χ3v) is 3.36. The van der Waals surface area contributed by atoms with E-state index in [0.29, 0.717) is 13.0 Å². The molecule has 0 aliphatic carbocycles. The summed E-state index contributed by atoms with van der Waals surface area (Å²) in [6.07, 6.45) is 1.34. The third-order valence-electron chi connectivity index (χ3n) is 3.36. The van der Waals surface area contributed by atoms with Crippen molar-refractivity contribution in [2.75, 3.05) is 19.7 Å². The number of nitrogens with one attached hydrogen (secondary N) is 1. The number of hydrogen-bond acceptors (Lipinski definition) is 4. The molecule has 6 heteroatoms. The summed E-state index contributed by atoms with van der Waals surface area (Å²) in [5.41, 5.74) is 0.203. The molecule has 0 bridgehead atoms. The van der Waals surface area contributed by atoms with Gasteiger partial charge in [0.05, 0.1) is 12.2 Å². The number of carbonyl (C=O) groups excluding carboxylic acids is 2. The zero-order chi connectivity index (χ0) is 14.5. The topological polar surface area (TPSA) is 89.9 Å². The molecule has 108 valence electrons. The Hall–Kier alpha value is -2.08. The number of hydrogen-bond donors (Lipinski definition) is 3. The van der Waals surface area contributed by atoms with Gasteiger partial charge in [-0.3, -0.25) is 9.59 Å². The van der Waals surface area contributed by atoms with Gasteiger partial charge in [0.15, 0.2) is 0 Å². The van der Waals surface area contributed by atoms with Crippen LogP contribution in [0, 0.1) is 0 Å². The average molecular weight is 278 g/mol. The van der Waals surface area contributed by atoms with Crippen LogP contribution in [0.2, 0.25) is 0 Å². The number of aromatic hydroxyl groups is 1. The molecule has 20 heavy (non-hydrogen) atoms. The predicted molar refractivity (Wildman–Crippen MR) is 72.3 cm³/mol. The maximum atomic E-state index is 12.4. The van der Waals surface area contributed by atoms with Crippen molar-refractivity contribution in [3.63, 3.8) is 0 Å². The lowest BCUT2D eigenvalue weighted by atomic mass is 10.1. The molecule has 1 saturated heterocycles. The van der Waals surface area contributed by atoms with Crippen LogP contribution in [0.15, 0.2) is 24.3 Å². The Morgan fingerprint density at radius 1 is 1.35 bits per heavy atom. The summed E-state index contributed by atoms with van der Waals surface area (Å²) in [6.45, 7) is 0.532. The van der Waals surface area contributed by atoms with E-state index in [-0.39, 0.29) is 36.3 Å². The van der Waals surface area contributed by atoms with Gasteiger partial charge in [-0.05, 0) is 25.0 Å². The molecule has 1 heterocycles. The maximum absolute atomic E-state index is 12.4. The molecule has 1 unspecified atom stereocenters. The normalized spacial score (nSPS) is 18.1. The van der Waals surface area contributed by atoms with Gasteiger partial charge in [-0.1, -0.05) is 12.1 Å². The molecule has 3 N–H and O–H groups in total. The van der Waals surface area contributed by atoms with Crippen molar-refractivity contribution >= 4 is 11.8 Å². The third kappa shape index (κ3) is 2.91. The van der Waals surface area contributed by atoms with Crippen LogP contribution in [0.1, 0.15) is 23.2 Å². The quantitative estimate of drug-likeness (QED) is 0.729. The van der Waals surface area contributed by atoms with Gasteiger partial charge in [0.25, 0.3) is 5.91 Å². The first-order chi connectivity index (χ1) is 9.65. The Balaban J connectivity index is 2.13. The zero-order valence-corrected chi connectivity index (χ0v) is 11.1. The number of phenolic OH excluding ortho intramolecular Hbond substituents is 1. The Bertz CT molecular complexity index is 504. The molecule has 6 nitrogen and oxygen atoms in total. The first-order valence-electron chi connectivity index (χ1n) is 6.62. The van der Waals surface area contributed by atoms with Crippen LogP contribution in [0.4, 0.5) is 0 Å².